The number of hydrogen-bond donors (Lipinski definition) is 1. The van der Waals surface area contributed by atoms with Crippen LogP contribution in [0.3, 0.4) is 0 Å². The lowest BCUT2D eigenvalue weighted by atomic mass is 10.0. The minimum absolute atomic E-state index is 0.00542. The number of nitro benzene ring substituents is 1. The summed E-state index contributed by atoms with van der Waals surface area (Å²) in [6.45, 7) is 2.19. The zero-order valence-electron chi connectivity index (χ0n) is 24.6. The van der Waals surface area contributed by atoms with E-state index in [1.807, 2.05) is 89.5 Å². The molecule has 1 heterocycles. The summed E-state index contributed by atoms with van der Waals surface area (Å²) in [7, 11) is 0. The highest BCUT2D eigenvalue weighted by Crippen LogP contribution is 2.30. The lowest BCUT2D eigenvalue weighted by Crippen LogP contribution is -2.32. The first-order chi connectivity index (χ1) is 21.5. The van der Waals surface area contributed by atoms with Crippen LogP contribution in [0.4, 0.5) is 5.69 Å². The van der Waals surface area contributed by atoms with Gasteiger partial charge in [-0.05, 0) is 60.2 Å². The van der Waals surface area contributed by atoms with Crippen molar-refractivity contribution >= 4 is 23.4 Å². The molecule has 44 heavy (non-hydrogen) atoms. The highest BCUT2D eigenvalue weighted by Gasteiger charge is 2.26. The molecule has 0 spiro atoms. The van der Waals surface area contributed by atoms with E-state index in [2.05, 4.69) is 22.4 Å². The topological polar surface area (TPSA) is 103 Å². The summed E-state index contributed by atoms with van der Waals surface area (Å²) in [5, 5.41) is 24.4. The fourth-order valence-electron chi connectivity index (χ4n) is 4.99. The molecule has 1 amide bonds. The van der Waals surface area contributed by atoms with Gasteiger partial charge in [0.2, 0.25) is 0 Å². The summed E-state index contributed by atoms with van der Waals surface area (Å²) >= 11 is 1.52. The molecule has 0 radical (unpaired) electrons. The third-order valence-corrected chi connectivity index (χ3v) is 8.37. The molecule has 0 saturated heterocycles. The lowest BCUT2D eigenvalue weighted by molar-refractivity contribution is -0.384. The standard InChI is InChI=1S/C35H35N5O3S/c1-2-3-6-11-26-16-18-29(19-17-26)34(41)36-32(24-27-12-7-4-8-13-27)33-37-38-35(44-25-28-14-9-5-10-15-28)39(33)30-20-22-31(23-21-30)40(42)43/h4-5,7-10,12-23,32H,2-3,6,11,24-25H2,1H3,(H,36,41). The fourth-order valence-corrected chi connectivity index (χ4v) is 5.90. The van der Waals surface area contributed by atoms with Gasteiger partial charge < -0.3 is 5.32 Å². The van der Waals surface area contributed by atoms with Crippen LogP contribution < -0.4 is 5.32 Å². The van der Waals surface area contributed by atoms with Crippen molar-refractivity contribution in [3.63, 3.8) is 0 Å². The number of unbranched alkanes of at least 4 members (excludes halogenated alkanes) is 2. The number of nitrogens with zero attached hydrogens (tertiary/aromatic N) is 4. The van der Waals surface area contributed by atoms with Crippen LogP contribution in [0.15, 0.2) is 114 Å². The predicted molar refractivity (Wildman–Crippen MR) is 174 cm³/mol. The van der Waals surface area contributed by atoms with Crippen molar-refractivity contribution < 1.29 is 9.72 Å². The Morgan fingerprint density at radius 2 is 1.50 bits per heavy atom. The smallest absolute Gasteiger partial charge is 0.269 e. The Bertz CT molecular complexity index is 1660. The Labute approximate surface area is 261 Å². The summed E-state index contributed by atoms with van der Waals surface area (Å²) in [6.07, 6.45) is 4.96. The Kier molecular flexibility index (Phi) is 10.5. The van der Waals surface area contributed by atoms with Crippen LogP contribution in [-0.4, -0.2) is 25.6 Å². The van der Waals surface area contributed by atoms with Gasteiger partial charge in [0.15, 0.2) is 11.0 Å². The number of thioether (sulfide) groups is 1. The van der Waals surface area contributed by atoms with E-state index >= 15 is 0 Å². The van der Waals surface area contributed by atoms with Gasteiger partial charge in [-0.2, -0.15) is 0 Å². The maximum Gasteiger partial charge on any atom is 0.269 e. The largest absolute Gasteiger partial charge is 0.342 e. The van der Waals surface area contributed by atoms with Crippen molar-refractivity contribution in [3.8, 4) is 5.69 Å². The van der Waals surface area contributed by atoms with E-state index in [0.717, 1.165) is 24.0 Å². The number of amides is 1. The van der Waals surface area contributed by atoms with Crippen LogP contribution >= 0.6 is 11.8 Å². The summed E-state index contributed by atoms with van der Waals surface area (Å²) in [5.74, 6) is 0.997. The Hall–Kier alpha value is -4.76. The summed E-state index contributed by atoms with van der Waals surface area (Å²) in [6, 6.07) is 33.6. The maximum atomic E-state index is 13.6. The zero-order valence-corrected chi connectivity index (χ0v) is 25.5. The number of carbonyl (C=O) groups excluding carboxylic acids is 1. The number of nitro groups is 1. The highest BCUT2D eigenvalue weighted by molar-refractivity contribution is 7.98. The first-order valence-electron chi connectivity index (χ1n) is 14.8. The van der Waals surface area contributed by atoms with E-state index in [4.69, 9.17) is 0 Å². The molecule has 0 aliphatic heterocycles. The molecular weight excluding hydrogens is 570 g/mol. The maximum absolute atomic E-state index is 13.6. The van der Waals surface area contributed by atoms with Crippen LogP contribution in [0, 0.1) is 10.1 Å². The molecule has 0 fully saturated rings. The van der Waals surface area contributed by atoms with Crippen molar-refractivity contribution in [2.45, 2.75) is 56.0 Å². The molecule has 0 bridgehead atoms. The summed E-state index contributed by atoms with van der Waals surface area (Å²) < 4.78 is 1.89. The zero-order chi connectivity index (χ0) is 30.7. The van der Waals surface area contributed by atoms with Gasteiger partial charge in [0.1, 0.15) is 0 Å². The van der Waals surface area contributed by atoms with Crippen molar-refractivity contribution in [1.82, 2.24) is 20.1 Å². The first-order valence-corrected chi connectivity index (χ1v) is 15.8. The van der Waals surface area contributed by atoms with Crippen molar-refractivity contribution in [2.75, 3.05) is 0 Å². The molecule has 4 aromatic carbocycles. The number of nitrogens with one attached hydrogen (secondary N) is 1. The molecular formula is C35H35N5O3S. The lowest BCUT2D eigenvalue weighted by Gasteiger charge is -2.20. The van der Waals surface area contributed by atoms with Crippen LogP contribution in [-0.2, 0) is 18.6 Å². The molecule has 224 valence electrons. The Morgan fingerprint density at radius 3 is 2.14 bits per heavy atom. The minimum Gasteiger partial charge on any atom is -0.342 e. The second-order valence-corrected chi connectivity index (χ2v) is 11.5. The van der Waals surface area contributed by atoms with Gasteiger partial charge in [0.05, 0.1) is 11.0 Å². The van der Waals surface area contributed by atoms with Gasteiger partial charge >= 0.3 is 0 Å². The van der Waals surface area contributed by atoms with Crippen LogP contribution in [0.2, 0.25) is 0 Å². The number of benzene rings is 4. The number of hydrogen-bond acceptors (Lipinski definition) is 6. The van der Waals surface area contributed by atoms with E-state index in [1.54, 1.807) is 12.1 Å². The predicted octanol–water partition coefficient (Wildman–Crippen LogP) is 7.91. The molecule has 1 aromatic heterocycles. The van der Waals surface area contributed by atoms with Gasteiger partial charge in [-0.15, -0.1) is 10.2 Å². The Morgan fingerprint density at radius 1 is 0.841 bits per heavy atom. The molecule has 5 rings (SSSR count). The van der Waals surface area contributed by atoms with E-state index in [9.17, 15) is 14.9 Å². The summed E-state index contributed by atoms with van der Waals surface area (Å²) in [4.78, 5) is 24.6. The molecule has 1 unspecified atom stereocenters. The van der Waals surface area contributed by atoms with E-state index < -0.39 is 11.0 Å². The van der Waals surface area contributed by atoms with Gasteiger partial charge in [0.25, 0.3) is 11.6 Å². The molecule has 1 N–H and O–H groups in total. The minimum atomic E-state index is -0.525. The number of carbonyl (C=O) groups is 1. The molecule has 0 aliphatic carbocycles. The molecule has 1 atom stereocenters. The van der Waals surface area contributed by atoms with E-state index in [0.29, 0.717) is 34.4 Å². The van der Waals surface area contributed by atoms with Crippen LogP contribution in [0.25, 0.3) is 5.69 Å². The second-order valence-electron chi connectivity index (χ2n) is 10.6. The average molecular weight is 606 g/mol. The second kappa shape index (κ2) is 15.1. The van der Waals surface area contributed by atoms with Gasteiger partial charge in [0, 0.05) is 29.1 Å². The van der Waals surface area contributed by atoms with Gasteiger partial charge in [-0.1, -0.05) is 104 Å². The first kappa shape index (κ1) is 30.7. The molecule has 5 aromatic rings. The van der Waals surface area contributed by atoms with Crippen LogP contribution in [0.5, 0.6) is 0 Å². The molecule has 9 heteroatoms. The quantitative estimate of drug-likeness (QED) is 0.0597. The number of aryl methyl sites for hydroxylation is 1. The van der Waals surface area contributed by atoms with Crippen LogP contribution in [0.1, 0.15) is 65.1 Å². The van der Waals surface area contributed by atoms with Gasteiger partial charge in [-0.25, -0.2) is 0 Å². The molecule has 0 saturated carbocycles. The SMILES string of the molecule is CCCCCc1ccc(C(=O)NC(Cc2ccccc2)c2nnc(SCc3ccccc3)n2-c2ccc([N+](=O)[O-])cc2)cc1. The van der Waals surface area contributed by atoms with Gasteiger partial charge in [-0.3, -0.25) is 19.5 Å². The van der Waals surface area contributed by atoms with E-state index in [1.165, 1.54) is 42.3 Å². The van der Waals surface area contributed by atoms with Crippen molar-refractivity contribution in [1.29, 1.82) is 0 Å². The van der Waals surface area contributed by atoms with Crippen molar-refractivity contribution in [3.05, 3.63) is 147 Å². The highest BCUT2D eigenvalue weighted by atomic mass is 32.2. The van der Waals surface area contributed by atoms with E-state index in [-0.39, 0.29) is 11.6 Å². The third kappa shape index (κ3) is 7.99. The fraction of sp³-hybridized carbons (Fsp3) is 0.229. The number of non-ortho nitro benzene ring substituents is 1. The monoisotopic (exact) mass is 605 g/mol. The normalized spacial score (nSPS) is 11.7. The summed E-state index contributed by atoms with van der Waals surface area (Å²) in [5.41, 5.74) is 4.62. The molecule has 8 nitrogen and oxygen atoms in total. The average Bonchev–Trinajstić information content (AvgIpc) is 3.49. The number of rotatable bonds is 14. The Balaban J connectivity index is 1.48. The third-order valence-electron chi connectivity index (χ3n) is 7.37. The molecule has 0 aliphatic rings. The number of aromatic nitrogens is 3. The van der Waals surface area contributed by atoms with Crippen molar-refractivity contribution in [2.24, 2.45) is 0 Å².